The number of amides is 1. The predicted octanol–water partition coefficient (Wildman–Crippen LogP) is 2.28. The van der Waals surface area contributed by atoms with Gasteiger partial charge in [0, 0.05) is 18.5 Å². The van der Waals surface area contributed by atoms with Gasteiger partial charge in [-0.05, 0) is 25.5 Å². The van der Waals surface area contributed by atoms with Gasteiger partial charge in [0.15, 0.2) is 0 Å². The Morgan fingerprint density at radius 1 is 1.60 bits per heavy atom. The van der Waals surface area contributed by atoms with Gasteiger partial charge in [-0.15, -0.1) is 11.6 Å². The number of halogens is 1. The van der Waals surface area contributed by atoms with Crippen LogP contribution in [0.5, 0.6) is 0 Å². The van der Waals surface area contributed by atoms with Crippen LogP contribution in [0, 0.1) is 0 Å². The van der Waals surface area contributed by atoms with Crippen molar-refractivity contribution in [2.24, 2.45) is 0 Å². The third-order valence-electron chi connectivity index (χ3n) is 2.05. The quantitative estimate of drug-likeness (QED) is 0.783. The van der Waals surface area contributed by atoms with Crippen molar-refractivity contribution in [3.05, 3.63) is 30.1 Å². The lowest BCUT2D eigenvalue weighted by molar-refractivity contribution is -0.121. The summed E-state index contributed by atoms with van der Waals surface area (Å²) in [5.74, 6) is 0.541. The molecular weight excluding hydrogens is 212 g/mol. The first-order chi connectivity index (χ1) is 7.24. The third-order valence-corrected chi connectivity index (χ3v) is 2.31. The van der Waals surface area contributed by atoms with E-state index in [2.05, 4.69) is 10.3 Å². The Bertz CT molecular complexity index is 303. The molecule has 0 aromatic carbocycles. The number of carbonyl (C=O) groups is 1. The molecule has 4 heteroatoms. The van der Waals surface area contributed by atoms with Crippen molar-refractivity contribution in [1.82, 2.24) is 10.3 Å². The Morgan fingerprint density at radius 2 is 2.40 bits per heavy atom. The molecule has 1 N–H and O–H groups in total. The van der Waals surface area contributed by atoms with Gasteiger partial charge in [-0.2, -0.15) is 0 Å². The number of pyridine rings is 1. The molecule has 0 aliphatic carbocycles. The zero-order valence-corrected chi connectivity index (χ0v) is 9.50. The second-order valence-electron chi connectivity index (χ2n) is 3.34. The number of carbonyl (C=O) groups excluding carboxylic acids is 1. The molecule has 0 bridgehead atoms. The van der Waals surface area contributed by atoms with Gasteiger partial charge in [0.25, 0.3) is 0 Å². The lowest BCUT2D eigenvalue weighted by Crippen LogP contribution is -2.26. The van der Waals surface area contributed by atoms with Crippen LogP contribution in [0.15, 0.2) is 24.4 Å². The van der Waals surface area contributed by atoms with Gasteiger partial charge in [0.05, 0.1) is 11.7 Å². The van der Waals surface area contributed by atoms with Gasteiger partial charge in [-0.1, -0.05) is 6.07 Å². The molecule has 0 aliphatic rings. The maximum atomic E-state index is 11.4. The fourth-order valence-corrected chi connectivity index (χ4v) is 1.38. The molecular formula is C11H15ClN2O. The van der Waals surface area contributed by atoms with Gasteiger partial charge in [-0.25, -0.2) is 0 Å². The summed E-state index contributed by atoms with van der Waals surface area (Å²) in [5, 5.41) is 2.87. The van der Waals surface area contributed by atoms with E-state index in [1.807, 2.05) is 25.1 Å². The van der Waals surface area contributed by atoms with E-state index in [0.717, 1.165) is 5.69 Å². The molecule has 0 spiro atoms. The molecule has 3 nitrogen and oxygen atoms in total. The van der Waals surface area contributed by atoms with Crippen LogP contribution in [-0.2, 0) is 4.79 Å². The molecule has 0 radical (unpaired) electrons. The summed E-state index contributed by atoms with van der Waals surface area (Å²) in [6.07, 6.45) is 2.90. The van der Waals surface area contributed by atoms with Crippen LogP contribution in [-0.4, -0.2) is 16.8 Å². The molecule has 1 amide bonds. The summed E-state index contributed by atoms with van der Waals surface area (Å²) < 4.78 is 0. The number of hydrogen-bond donors (Lipinski definition) is 1. The van der Waals surface area contributed by atoms with Crippen LogP contribution in [0.3, 0.4) is 0 Å². The molecule has 1 atom stereocenters. The zero-order valence-electron chi connectivity index (χ0n) is 8.74. The molecule has 15 heavy (non-hydrogen) atoms. The standard InChI is InChI=1S/C11H15ClN2O/c1-9(10-5-2-3-8-13-10)14-11(15)6-4-7-12/h2-3,5,8-9H,4,6-7H2,1H3,(H,14,15)/t9-/m1/s1. The van der Waals surface area contributed by atoms with Crippen molar-refractivity contribution < 1.29 is 4.79 Å². The van der Waals surface area contributed by atoms with Crippen LogP contribution in [0.25, 0.3) is 0 Å². The zero-order chi connectivity index (χ0) is 11.1. The highest BCUT2D eigenvalue weighted by Gasteiger charge is 2.09. The summed E-state index contributed by atoms with van der Waals surface area (Å²) in [6.45, 7) is 1.92. The van der Waals surface area contributed by atoms with E-state index in [9.17, 15) is 4.79 Å². The highest BCUT2D eigenvalue weighted by molar-refractivity contribution is 6.17. The summed E-state index contributed by atoms with van der Waals surface area (Å²) in [6, 6.07) is 5.61. The van der Waals surface area contributed by atoms with Crippen molar-refractivity contribution in [3.8, 4) is 0 Å². The minimum atomic E-state index is -0.0472. The molecule has 1 aromatic heterocycles. The largest absolute Gasteiger partial charge is 0.348 e. The first-order valence-electron chi connectivity index (χ1n) is 5.00. The van der Waals surface area contributed by atoms with Crippen molar-refractivity contribution in [2.45, 2.75) is 25.8 Å². The van der Waals surface area contributed by atoms with Crippen LogP contribution in [0.1, 0.15) is 31.5 Å². The van der Waals surface area contributed by atoms with Gasteiger partial charge in [0.1, 0.15) is 0 Å². The molecule has 0 saturated carbocycles. The minimum absolute atomic E-state index is 0.0220. The lowest BCUT2D eigenvalue weighted by atomic mass is 10.2. The fraction of sp³-hybridized carbons (Fsp3) is 0.455. The average Bonchev–Trinajstić information content (AvgIpc) is 2.27. The molecule has 0 saturated heterocycles. The second-order valence-corrected chi connectivity index (χ2v) is 3.71. The van der Waals surface area contributed by atoms with Crippen LogP contribution >= 0.6 is 11.6 Å². The van der Waals surface area contributed by atoms with E-state index >= 15 is 0 Å². The predicted molar refractivity (Wildman–Crippen MR) is 60.7 cm³/mol. The molecule has 1 heterocycles. The maximum Gasteiger partial charge on any atom is 0.220 e. The Labute approximate surface area is 94.9 Å². The molecule has 0 unspecified atom stereocenters. The first kappa shape index (κ1) is 12.0. The second kappa shape index (κ2) is 6.40. The number of nitrogens with one attached hydrogen (secondary N) is 1. The highest BCUT2D eigenvalue weighted by Crippen LogP contribution is 2.08. The minimum Gasteiger partial charge on any atom is -0.348 e. The Kier molecular flexibility index (Phi) is 5.12. The first-order valence-corrected chi connectivity index (χ1v) is 5.53. The number of aromatic nitrogens is 1. The van der Waals surface area contributed by atoms with E-state index in [-0.39, 0.29) is 11.9 Å². The summed E-state index contributed by atoms with van der Waals surface area (Å²) in [5.41, 5.74) is 0.872. The summed E-state index contributed by atoms with van der Waals surface area (Å²) >= 11 is 5.51. The van der Waals surface area contributed by atoms with Crippen molar-refractivity contribution in [3.63, 3.8) is 0 Å². The van der Waals surface area contributed by atoms with Crippen molar-refractivity contribution in [2.75, 3.05) is 5.88 Å². The number of nitrogens with zero attached hydrogens (tertiary/aromatic N) is 1. The van der Waals surface area contributed by atoms with Crippen LogP contribution in [0.2, 0.25) is 0 Å². The van der Waals surface area contributed by atoms with E-state index in [0.29, 0.717) is 18.7 Å². The molecule has 1 rings (SSSR count). The molecule has 1 aromatic rings. The van der Waals surface area contributed by atoms with Gasteiger partial charge >= 0.3 is 0 Å². The smallest absolute Gasteiger partial charge is 0.220 e. The number of rotatable bonds is 5. The Balaban J connectivity index is 2.42. The monoisotopic (exact) mass is 226 g/mol. The maximum absolute atomic E-state index is 11.4. The van der Waals surface area contributed by atoms with Gasteiger partial charge in [0.2, 0.25) is 5.91 Å². The molecule has 82 valence electrons. The average molecular weight is 227 g/mol. The third kappa shape index (κ3) is 4.30. The van der Waals surface area contributed by atoms with Crippen molar-refractivity contribution in [1.29, 1.82) is 0 Å². The number of alkyl halides is 1. The van der Waals surface area contributed by atoms with E-state index in [1.54, 1.807) is 6.20 Å². The number of hydrogen-bond acceptors (Lipinski definition) is 2. The van der Waals surface area contributed by atoms with E-state index in [1.165, 1.54) is 0 Å². The topological polar surface area (TPSA) is 42.0 Å². The SMILES string of the molecule is C[C@@H](NC(=O)CCCCl)c1ccccn1. The summed E-state index contributed by atoms with van der Waals surface area (Å²) in [4.78, 5) is 15.6. The molecule has 0 aliphatic heterocycles. The highest BCUT2D eigenvalue weighted by atomic mass is 35.5. The molecule has 0 fully saturated rings. The van der Waals surface area contributed by atoms with Crippen molar-refractivity contribution >= 4 is 17.5 Å². The Morgan fingerprint density at radius 3 is 3.00 bits per heavy atom. The fourth-order valence-electron chi connectivity index (χ4n) is 1.25. The van der Waals surface area contributed by atoms with Crippen LogP contribution in [0.4, 0.5) is 0 Å². The lowest BCUT2D eigenvalue weighted by Gasteiger charge is -2.12. The van der Waals surface area contributed by atoms with Gasteiger partial charge < -0.3 is 5.32 Å². The van der Waals surface area contributed by atoms with Gasteiger partial charge in [-0.3, -0.25) is 9.78 Å². The van der Waals surface area contributed by atoms with E-state index < -0.39 is 0 Å². The van der Waals surface area contributed by atoms with E-state index in [4.69, 9.17) is 11.6 Å². The summed E-state index contributed by atoms with van der Waals surface area (Å²) in [7, 11) is 0. The normalized spacial score (nSPS) is 12.1. The Hall–Kier alpha value is -1.09. The van der Waals surface area contributed by atoms with Crippen LogP contribution < -0.4 is 5.32 Å².